The second-order valence-corrected chi connectivity index (χ2v) is 3.08. The van der Waals surface area contributed by atoms with Crippen molar-refractivity contribution in [3.8, 4) is 0 Å². The first-order valence-electron chi connectivity index (χ1n) is 3.14. The fourth-order valence-corrected chi connectivity index (χ4v) is 1.14. The number of hydrogen-bond acceptors (Lipinski definition) is 3. The molecule has 0 spiro atoms. The Balaban J connectivity index is 3.36. The van der Waals surface area contributed by atoms with Crippen molar-refractivity contribution in [3.63, 3.8) is 0 Å². The lowest BCUT2D eigenvalue weighted by atomic mass is 10.2. The topological polar surface area (TPSA) is 83.3 Å². The molecule has 0 bridgehead atoms. The molecule has 0 atom stereocenters. The van der Waals surface area contributed by atoms with Gasteiger partial charge >= 0.3 is 5.69 Å². The molecule has 0 aliphatic rings. The van der Waals surface area contributed by atoms with Crippen LogP contribution in [0.4, 0.5) is 11.5 Å². The first-order chi connectivity index (χ1) is 5.54. The highest BCUT2D eigenvalue weighted by molar-refractivity contribution is 9.10. The van der Waals surface area contributed by atoms with Crippen molar-refractivity contribution in [2.24, 2.45) is 0 Å². The number of nitrogens with zero attached hydrogens (tertiary/aromatic N) is 1. The molecule has 0 radical (unpaired) electrons. The molecule has 5 nitrogen and oxygen atoms in total. The van der Waals surface area contributed by atoms with Gasteiger partial charge in [-0.05, 0) is 22.9 Å². The van der Waals surface area contributed by atoms with Gasteiger partial charge in [0.15, 0.2) is 6.20 Å². The van der Waals surface area contributed by atoms with Crippen LogP contribution in [-0.4, -0.2) is 4.92 Å². The first-order valence-corrected chi connectivity index (χ1v) is 3.94. The average Bonchev–Trinajstić information content (AvgIpc) is 2.00. The average molecular weight is 233 g/mol. The number of nitrogen functional groups attached to an aromatic ring is 1. The molecule has 12 heavy (non-hydrogen) atoms. The molecule has 0 saturated heterocycles. The van der Waals surface area contributed by atoms with Crippen LogP contribution in [0, 0.1) is 17.0 Å². The summed E-state index contributed by atoms with van der Waals surface area (Å²) >= 11 is 3.14. The summed E-state index contributed by atoms with van der Waals surface area (Å²) in [6, 6.07) is 0. The standard InChI is InChI=1S/C6H6BrN3O2/c1-3-4(10(11)12)2-9-6(8)5(3)7/h2H,1H3,(H2,8,9)/p+1. The molecular weight excluding hydrogens is 226 g/mol. The van der Waals surface area contributed by atoms with E-state index in [-0.39, 0.29) is 5.69 Å². The Labute approximate surface area is 76.9 Å². The van der Waals surface area contributed by atoms with Gasteiger partial charge in [-0.25, -0.2) is 4.98 Å². The number of aromatic nitrogens is 1. The maximum absolute atomic E-state index is 10.4. The van der Waals surface area contributed by atoms with E-state index in [0.717, 1.165) is 0 Å². The predicted molar refractivity (Wildman–Crippen MR) is 46.5 cm³/mol. The summed E-state index contributed by atoms with van der Waals surface area (Å²) in [6.45, 7) is 1.63. The van der Waals surface area contributed by atoms with Gasteiger partial charge in [0.05, 0.1) is 10.5 Å². The van der Waals surface area contributed by atoms with Crippen molar-refractivity contribution in [1.82, 2.24) is 0 Å². The minimum atomic E-state index is -0.462. The van der Waals surface area contributed by atoms with E-state index in [1.807, 2.05) is 0 Å². The van der Waals surface area contributed by atoms with Gasteiger partial charge in [-0.3, -0.25) is 15.8 Å². The van der Waals surface area contributed by atoms with Crippen LogP contribution in [-0.2, 0) is 0 Å². The minimum absolute atomic E-state index is 0.0241. The first kappa shape index (κ1) is 8.92. The Hall–Kier alpha value is -1.17. The zero-order valence-corrected chi connectivity index (χ0v) is 7.88. The number of halogens is 1. The molecule has 0 saturated carbocycles. The second-order valence-electron chi connectivity index (χ2n) is 2.28. The summed E-state index contributed by atoms with van der Waals surface area (Å²) in [4.78, 5) is 12.5. The van der Waals surface area contributed by atoms with E-state index in [0.29, 0.717) is 15.9 Å². The zero-order valence-electron chi connectivity index (χ0n) is 6.30. The fourth-order valence-electron chi connectivity index (χ4n) is 0.822. The second kappa shape index (κ2) is 3.06. The maximum Gasteiger partial charge on any atom is 0.312 e. The van der Waals surface area contributed by atoms with Crippen molar-refractivity contribution in [3.05, 3.63) is 26.3 Å². The highest BCUT2D eigenvalue weighted by Gasteiger charge is 2.18. The maximum atomic E-state index is 10.4. The number of nitro groups is 1. The van der Waals surface area contributed by atoms with Gasteiger partial charge in [-0.15, -0.1) is 0 Å². The van der Waals surface area contributed by atoms with Crippen molar-refractivity contribution >= 4 is 27.4 Å². The van der Waals surface area contributed by atoms with Crippen LogP contribution in [0.2, 0.25) is 0 Å². The Morgan fingerprint density at radius 2 is 2.33 bits per heavy atom. The molecule has 0 aliphatic carbocycles. The van der Waals surface area contributed by atoms with E-state index in [1.165, 1.54) is 6.20 Å². The van der Waals surface area contributed by atoms with Gasteiger partial charge < -0.3 is 0 Å². The van der Waals surface area contributed by atoms with E-state index in [2.05, 4.69) is 20.9 Å². The molecule has 6 heteroatoms. The Bertz CT molecular complexity index is 340. The van der Waals surface area contributed by atoms with Crippen LogP contribution < -0.4 is 10.7 Å². The lowest BCUT2D eigenvalue weighted by Gasteiger charge is -1.97. The Kier molecular flexibility index (Phi) is 2.27. The molecule has 1 aromatic rings. The summed E-state index contributed by atoms with van der Waals surface area (Å²) in [6.07, 6.45) is 1.27. The smallest absolute Gasteiger partial charge is 0.286 e. The van der Waals surface area contributed by atoms with Gasteiger partial charge in [0.25, 0.3) is 5.82 Å². The Morgan fingerprint density at radius 1 is 1.75 bits per heavy atom. The van der Waals surface area contributed by atoms with Gasteiger partial charge in [0.2, 0.25) is 0 Å². The molecule has 0 fully saturated rings. The molecule has 1 rings (SSSR count). The van der Waals surface area contributed by atoms with Gasteiger partial charge in [0, 0.05) is 0 Å². The van der Waals surface area contributed by atoms with E-state index in [9.17, 15) is 10.1 Å². The van der Waals surface area contributed by atoms with Crippen LogP contribution in [0.15, 0.2) is 10.7 Å². The number of rotatable bonds is 1. The van der Waals surface area contributed by atoms with Crippen LogP contribution >= 0.6 is 15.9 Å². The third-order valence-electron chi connectivity index (χ3n) is 1.51. The number of nitrogens with two attached hydrogens (primary N) is 1. The monoisotopic (exact) mass is 232 g/mol. The SMILES string of the molecule is Cc1c([N+](=O)[O-])c[nH+]c(N)c1Br. The molecule has 0 aromatic carbocycles. The van der Waals surface area contributed by atoms with Crippen LogP contribution in [0.5, 0.6) is 0 Å². The summed E-state index contributed by atoms with van der Waals surface area (Å²) < 4.78 is 0.539. The molecule has 3 N–H and O–H groups in total. The van der Waals surface area contributed by atoms with Crippen molar-refractivity contribution < 1.29 is 9.91 Å². The molecule has 0 aliphatic heterocycles. The van der Waals surface area contributed by atoms with Crippen molar-refractivity contribution in [2.45, 2.75) is 6.92 Å². The number of hydrogen-bond donors (Lipinski definition) is 1. The van der Waals surface area contributed by atoms with Crippen molar-refractivity contribution in [2.75, 3.05) is 5.73 Å². The van der Waals surface area contributed by atoms with Gasteiger partial charge in [0.1, 0.15) is 4.47 Å². The highest BCUT2D eigenvalue weighted by Crippen LogP contribution is 2.26. The van der Waals surface area contributed by atoms with Crippen LogP contribution in [0.25, 0.3) is 0 Å². The molecule has 64 valence electrons. The van der Waals surface area contributed by atoms with E-state index >= 15 is 0 Å². The van der Waals surface area contributed by atoms with E-state index < -0.39 is 4.92 Å². The number of nitrogens with one attached hydrogen (secondary N) is 1. The van der Waals surface area contributed by atoms with Crippen molar-refractivity contribution in [1.29, 1.82) is 0 Å². The summed E-state index contributed by atoms with van der Waals surface area (Å²) in [5.41, 5.74) is 6.01. The Morgan fingerprint density at radius 3 is 2.83 bits per heavy atom. The third kappa shape index (κ3) is 1.38. The lowest BCUT2D eigenvalue weighted by Crippen LogP contribution is -2.12. The summed E-state index contributed by atoms with van der Waals surface area (Å²) in [5.74, 6) is 0.387. The molecule has 1 aromatic heterocycles. The number of aromatic amines is 1. The van der Waals surface area contributed by atoms with Crippen LogP contribution in [0.3, 0.4) is 0 Å². The normalized spacial score (nSPS) is 9.83. The molecule has 0 unspecified atom stereocenters. The summed E-state index contributed by atoms with van der Waals surface area (Å²) in [7, 11) is 0. The summed E-state index contributed by atoms with van der Waals surface area (Å²) in [5, 5.41) is 10.4. The molecule has 0 amide bonds. The van der Waals surface area contributed by atoms with Gasteiger partial charge in [-0.1, -0.05) is 0 Å². The fraction of sp³-hybridized carbons (Fsp3) is 0.167. The number of anilines is 1. The quantitative estimate of drug-likeness (QED) is 0.581. The van der Waals surface area contributed by atoms with E-state index in [4.69, 9.17) is 5.73 Å². The van der Waals surface area contributed by atoms with Gasteiger partial charge in [-0.2, -0.15) is 0 Å². The minimum Gasteiger partial charge on any atom is -0.286 e. The largest absolute Gasteiger partial charge is 0.312 e. The number of H-pyrrole nitrogens is 1. The lowest BCUT2D eigenvalue weighted by molar-refractivity contribution is -0.414. The third-order valence-corrected chi connectivity index (χ3v) is 2.53. The highest BCUT2D eigenvalue weighted by atomic mass is 79.9. The number of pyridine rings is 1. The molecule has 1 heterocycles. The van der Waals surface area contributed by atoms with E-state index in [1.54, 1.807) is 6.92 Å². The zero-order chi connectivity index (χ0) is 9.30. The molecular formula is C6H7BrN3O2+. The van der Waals surface area contributed by atoms with Crippen LogP contribution in [0.1, 0.15) is 5.56 Å². The predicted octanol–water partition coefficient (Wildman–Crippen LogP) is 1.06.